The van der Waals surface area contributed by atoms with Crippen molar-refractivity contribution in [2.75, 3.05) is 18.1 Å². The van der Waals surface area contributed by atoms with E-state index in [2.05, 4.69) is 16.1 Å². The van der Waals surface area contributed by atoms with Gasteiger partial charge < -0.3 is 9.64 Å². The van der Waals surface area contributed by atoms with Gasteiger partial charge in [-0.3, -0.25) is 4.68 Å². The highest BCUT2D eigenvalue weighted by Crippen LogP contribution is 2.25. The molecule has 0 N–H and O–H groups in total. The zero-order chi connectivity index (χ0) is 14.7. The number of nitrogens with zero attached hydrogens (tertiary/aromatic N) is 3. The second-order valence-corrected chi connectivity index (χ2v) is 5.06. The first-order chi connectivity index (χ1) is 10.2. The Morgan fingerprint density at radius 1 is 1.29 bits per heavy atom. The van der Waals surface area contributed by atoms with Gasteiger partial charge >= 0.3 is 0 Å². The summed E-state index contributed by atoms with van der Waals surface area (Å²) >= 11 is 0. The number of aromatic nitrogens is 2. The summed E-state index contributed by atoms with van der Waals surface area (Å²) in [6, 6.07) is 8.10. The van der Waals surface area contributed by atoms with Crippen LogP contribution in [0.1, 0.15) is 11.1 Å². The minimum Gasteiger partial charge on any atom is -0.375 e. The number of ether oxygens (including phenoxy) is 1. The van der Waals surface area contributed by atoms with Crippen LogP contribution in [-0.4, -0.2) is 29.4 Å². The quantitative estimate of drug-likeness (QED) is 0.868. The first kappa shape index (κ1) is 14.0. The zero-order valence-electron chi connectivity index (χ0n) is 11.6. The number of hydrogen-bond acceptors (Lipinski definition) is 3. The highest BCUT2D eigenvalue weighted by atomic mass is 19.3. The molecular formula is C15H17F2N3O. The molecule has 1 aliphatic heterocycles. The Morgan fingerprint density at radius 2 is 2.14 bits per heavy atom. The van der Waals surface area contributed by atoms with Gasteiger partial charge in [-0.25, -0.2) is 8.78 Å². The first-order valence-corrected chi connectivity index (χ1v) is 6.92. The summed E-state index contributed by atoms with van der Waals surface area (Å²) in [4.78, 5) is 2.20. The molecule has 21 heavy (non-hydrogen) atoms. The molecule has 0 atom stereocenters. The van der Waals surface area contributed by atoms with Crippen LogP contribution in [0.4, 0.5) is 14.5 Å². The lowest BCUT2D eigenvalue weighted by molar-refractivity contribution is 0.122. The molecule has 6 heteroatoms. The highest BCUT2D eigenvalue weighted by molar-refractivity contribution is 5.54. The summed E-state index contributed by atoms with van der Waals surface area (Å²) in [6.07, 6.45) is 0.946. The fourth-order valence-corrected chi connectivity index (χ4v) is 2.53. The molecule has 3 rings (SSSR count). The largest absolute Gasteiger partial charge is 0.375 e. The van der Waals surface area contributed by atoms with Gasteiger partial charge in [0.15, 0.2) is 0 Å². The van der Waals surface area contributed by atoms with Crippen molar-refractivity contribution in [2.45, 2.75) is 26.1 Å². The lowest BCUT2D eigenvalue weighted by Crippen LogP contribution is -2.25. The summed E-state index contributed by atoms with van der Waals surface area (Å²) in [5, 5.41) is 3.98. The molecule has 1 aliphatic rings. The highest BCUT2D eigenvalue weighted by Gasteiger charge is 2.16. The molecule has 0 bridgehead atoms. The minimum absolute atomic E-state index is 0.361. The van der Waals surface area contributed by atoms with Crippen molar-refractivity contribution in [3.8, 4) is 0 Å². The summed E-state index contributed by atoms with van der Waals surface area (Å²) in [5.74, 6) is 0. The molecule has 0 fully saturated rings. The van der Waals surface area contributed by atoms with Gasteiger partial charge in [0.05, 0.1) is 19.4 Å². The predicted octanol–water partition coefficient (Wildman–Crippen LogP) is 2.69. The van der Waals surface area contributed by atoms with Crippen molar-refractivity contribution in [1.82, 2.24) is 9.78 Å². The maximum Gasteiger partial charge on any atom is 0.257 e. The van der Waals surface area contributed by atoms with Crippen LogP contribution in [0.25, 0.3) is 0 Å². The molecule has 1 aromatic carbocycles. The van der Waals surface area contributed by atoms with E-state index in [4.69, 9.17) is 4.74 Å². The average Bonchev–Trinajstić information content (AvgIpc) is 2.78. The van der Waals surface area contributed by atoms with Crippen molar-refractivity contribution in [1.29, 1.82) is 0 Å². The second-order valence-electron chi connectivity index (χ2n) is 5.06. The number of benzene rings is 1. The predicted molar refractivity (Wildman–Crippen MR) is 75.4 cm³/mol. The number of halogens is 2. The van der Waals surface area contributed by atoms with Crippen LogP contribution in [0.5, 0.6) is 0 Å². The van der Waals surface area contributed by atoms with E-state index in [-0.39, 0.29) is 6.54 Å². The minimum atomic E-state index is -2.38. The standard InChI is InChI=1S/C15H17F2N3O/c16-15(17)10-20-9-12(7-18-20)8-19-5-6-21-11-13-3-1-2-4-14(13)19/h1-4,7,9,15H,5-6,8,10-11H2. The van der Waals surface area contributed by atoms with Crippen LogP contribution in [-0.2, 0) is 24.4 Å². The summed E-state index contributed by atoms with van der Waals surface area (Å²) in [5.41, 5.74) is 3.21. The first-order valence-electron chi connectivity index (χ1n) is 6.92. The normalized spacial score (nSPS) is 15.1. The molecule has 0 saturated heterocycles. The molecule has 2 aromatic rings. The van der Waals surface area contributed by atoms with Gasteiger partial charge in [0.25, 0.3) is 6.43 Å². The summed E-state index contributed by atoms with van der Waals surface area (Å²) in [6.45, 7) is 2.32. The lowest BCUT2D eigenvalue weighted by Gasteiger charge is -2.23. The molecule has 0 radical (unpaired) electrons. The molecule has 0 unspecified atom stereocenters. The monoisotopic (exact) mass is 293 g/mol. The van der Waals surface area contributed by atoms with Gasteiger partial charge in [0, 0.05) is 36.1 Å². The van der Waals surface area contributed by atoms with Crippen LogP contribution in [0, 0.1) is 0 Å². The third kappa shape index (κ3) is 3.39. The number of alkyl halides is 2. The Balaban J connectivity index is 1.76. The fourth-order valence-electron chi connectivity index (χ4n) is 2.53. The average molecular weight is 293 g/mol. The smallest absolute Gasteiger partial charge is 0.257 e. The molecule has 4 nitrogen and oxygen atoms in total. The van der Waals surface area contributed by atoms with Crippen LogP contribution in [0.15, 0.2) is 36.7 Å². The van der Waals surface area contributed by atoms with Crippen molar-refractivity contribution >= 4 is 5.69 Å². The van der Waals surface area contributed by atoms with Gasteiger partial charge in [-0.05, 0) is 6.07 Å². The molecule has 2 heterocycles. The molecule has 0 amide bonds. The number of hydrogen-bond donors (Lipinski definition) is 0. The van der Waals surface area contributed by atoms with Crippen LogP contribution >= 0.6 is 0 Å². The fraction of sp³-hybridized carbons (Fsp3) is 0.400. The number of anilines is 1. The van der Waals surface area contributed by atoms with Crippen molar-refractivity contribution in [3.05, 3.63) is 47.8 Å². The SMILES string of the molecule is FC(F)Cn1cc(CN2CCOCc3ccccc32)cn1. The maximum atomic E-state index is 12.4. The molecule has 0 spiro atoms. The van der Waals surface area contributed by atoms with E-state index in [1.165, 1.54) is 4.68 Å². The van der Waals surface area contributed by atoms with E-state index in [1.807, 2.05) is 18.2 Å². The molecule has 1 aromatic heterocycles. The topological polar surface area (TPSA) is 30.3 Å². The van der Waals surface area contributed by atoms with Gasteiger partial charge in [0.2, 0.25) is 0 Å². The number of para-hydroxylation sites is 1. The van der Waals surface area contributed by atoms with Crippen molar-refractivity contribution in [2.24, 2.45) is 0 Å². The summed E-state index contributed by atoms with van der Waals surface area (Å²) < 4.78 is 31.6. The van der Waals surface area contributed by atoms with Gasteiger partial charge in [0.1, 0.15) is 6.54 Å². The van der Waals surface area contributed by atoms with E-state index in [9.17, 15) is 8.78 Å². The van der Waals surface area contributed by atoms with E-state index < -0.39 is 6.43 Å². The van der Waals surface area contributed by atoms with Gasteiger partial charge in [-0.15, -0.1) is 0 Å². The van der Waals surface area contributed by atoms with E-state index in [0.717, 1.165) is 23.4 Å². The number of rotatable bonds is 4. The maximum absolute atomic E-state index is 12.4. The third-order valence-corrected chi connectivity index (χ3v) is 3.48. The third-order valence-electron chi connectivity index (χ3n) is 3.48. The Morgan fingerprint density at radius 3 is 3.00 bits per heavy atom. The van der Waals surface area contributed by atoms with Crippen LogP contribution < -0.4 is 4.90 Å². The molecule has 0 aliphatic carbocycles. The van der Waals surface area contributed by atoms with Crippen molar-refractivity contribution in [3.63, 3.8) is 0 Å². The van der Waals surface area contributed by atoms with Gasteiger partial charge in [-0.1, -0.05) is 18.2 Å². The Kier molecular flexibility index (Phi) is 4.15. The van der Waals surface area contributed by atoms with E-state index >= 15 is 0 Å². The van der Waals surface area contributed by atoms with Gasteiger partial charge in [-0.2, -0.15) is 5.10 Å². The summed E-state index contributed by atoms with van der Waals surface area (Å²) in [7, 11) is 0. The van der Waals surface area contributed by atoms with Crippen LogP contribution in [0.2, 0.25) is 0 Å². The lowest BCUT2D eigenvalue weighted by atomic mass is 10.1. The Bertz CT molecular complexity index is 600. The van der Waals surface area contributed by atoms with Crippen LogP contribution in [0.3, 0.4) is 0 Å². The molecular weight excluding hydrogens is 276 g/mol. The molecule has 0 saturated carbocycles. The molecule has 112 valence electrons. The Labute approximate surface area is 121 Å². The number of fused-ring (bicyclic) bond motifs is 1. The second kappa shape index (κ2) is 6.22. The van der Waals surface area contributed by atoms with E-state index in [1.54, 1.807) is 12.4 Å². The van der Waals surface area contributed by atoms with Crippen molar-refractivity contribution < 1.29 is 13.5 Å². The Hall–Kier alpha value is -1.95. The zero-order valence-corrected chi connectivity index (χ0v) is 11.6. The van der Waals surface area contributed by atoms with E-state index in [0.29, 0.717) is 19.8 Å².